The van der Waals surface area contributed by atoms with Crippen molar-refractivity contribution in [3.05, 3.63) is 68.6 Å². The Morgan fingerprint density at radius 2 is 1.89 bits per heavy atom. The van der Waals surface area contributed by atoms with Gasteiger partial charge in [0.1, 0.15) is 5.52 Å². The molecule has 8 heteroatoms. The number of benzene rings is 2. The van der Waals surface area contributed by atoms with Gasteiger partial charge in [-0.05, 0) is 37.3 Å². The Morgan fingerprint density at radius 1 is 1.14 bits per heavy atom. The maximum atomic E-state index is 13.3. The van der Waals surface area contributed by atoms with Crippen LogP contribution < -0.4 is 5.56 Å². The largest absolute Gasteiger partial charge is 0.461 e. The van der Waals surface area contributed by atoms with E-state index in [0.717, 1.165) is 5.52 Å². The molecule has 0 aliphatic rings. The average molecular weight is 416 g/mol. The van der Waals surface area contributed by atoms with Gasteiger partial charge in [-0.1, -0.05) is 35.3 Å². The van der Waals surface area contributed by atoms with Crippen molar-refractivity contribution in [3.8, 4) is 5.69 Å². The topological polar surface area (TPSA) is 66.1 Å². The van der Waals surface area contributed by atoms with Crippen LogP contribution in [0.25, 0.3) is 27.5 Å². The molecule has 0 unspecified atom stereocenters. The van der Waals surface area contributed by atoms with Crippen LogP contribution in [0, 0.1) is 0 Å². The highest BCUT2D eigenvalue weighted by atomic mass is 35.5. The summed E-state index contributed by atoms with van der Waals surface area (Å²) in [5, 5.41) is 6.46. The SMILES string of the molecule is CCOC(=O)c1nn(-c2cccc(Cl)c2)c(=O)c2c1c1ccc(Cl)cc1n2C. The van der Waals surface area contributed by atoms with Crippen LogP contribution in [-0.4, -0.2) is 26.9 Å². The first-order chi connectivity index (χ1) is 13.4. The molecule has 4 aromatic rings. The van der Waals surface area contributed by atoms with E-state index in [0.29, 0.717) is 32.0 Å². The first-order valence-corrected chi connectivity index (χ1v) is 9.32. The summed E-state index contributed by atoms with van der Waals surface area (Å²) >= 11 is 12.2. The van der Waals surface area contributed by atoms with E-state index in [1.807, 2.05) is 0 Å². The Kier molecular flexibility index (Phi) is 4.61. The number of ether oxygens (including phenoxy) is 1. The molecule has 0 amide bonds. The number of hydrogen-bond donors (Lipinski definition) is 0. The third kappa shape index (κ3) is 2.85. The van der Waals surface area contributed by atoms with Crippen LogP contribution in [0.15, 0.2) is 47.3 Å². The van der Waals surface area contributed by atoms with E-state index in [4.69, 9.17) is 27.9 Å². The normalized spacial score (nSPS) is 11.3. The Labute approximate surface area is 169 Å². The molecule has 0 saturated heterocycles. The molecular formula is C20H15Cl2N3O3. The lowest BCUT2D eigenvalue weighted by atomic mass is 10.1. The zero-order valence-electron chi connectivity index (χ0n) is 15.1. The third-order valence-electron chi connectivity index (χ3n) is 4.52. The summed E-state index contributed by atoms with van der Waals surface area (Å²) in [6.45, 7) is 1.90. The fourth-order valence-corrected chi connectivity index (χ4v) is 3.67. The van der Waals surface area contributed by atoms with Crippen molar-refractivity contribution in [1.82, 2.24) is 14.3 Å². The number of carbonyl (C=O) groups is 1. The number of esters is 1. The van der Waals surface area contributed by atoms with Crippen LogP contribution in [0.5, 0.6) is 0 Å². The summed E-state index contributed by atoms with van der Waals surface area (Å²) in [4.78, 5) is 26.0. The van der Waals surface area contributed by atoms with Gasteiger partial charge in [-0.2, -0.15) is 9.78 Å². The van der Waals surface area contributed by atoms with Crippen LogP contribution in [0.4, 0.5) is 0 Å². The van der Waals surface area contributed by atoms with Crippen molar-refractivity contribution < 1.29 is 9.53 Å². The maximum Gasteiger partial charge on any atom is 0.359 e. The number of aryl methyl sites for hydroxylation is 1. The van der Waals surface area contributed by atoms with Crippen molar-refractivity contribution in [2.45, 2.75) is 6.92 Å². The van der Waals surface area contributed by atoms with Gasteiger partial charge in [-0.3, -0.25) is 4.79 Å². The monoisotopic (exact) mass is 415 g/mol. The molecule has 0 aliphatic carbocycles. The lowest BCUT2D eigenvalue weighted by Crippen LogP contribution is -2.26. The van der Waals surface area contributed by atoms with Crippen LogP contribution in [0.3, 0.4) is 0 Å². The van der Waals surface area contributed by atoms with Gasteiger partial charge in [0.2, 0.25) is 0 Å². The second kappa shape index (κ2) is 6.96. The molecule has 0 N–H and O–H groups in total. The molecule has 0 fully saturated rings. The molecular weight excluding hydrogens is 401 g/mol. The minimum absolute atomic E-state index is 0.0596. The first-order valence-electron chi connectivity index (χ1n) is 8.56. The molecule has 0 atom stereocenters. The number of aromatic nitrogens is 3. The number of hydrogen-bond acceptors (Lipinski definition) is 4. The summed E-state index contributed by atoms with van der Waals surface area (Å²) in [6, 6.07) is 11.9. The van der Waals surface area contributed by atoms with Gasteiger partial charge in [-0.25, -0.2) is 4.79 Å². The second-order valence-corrected chi connectivity index (χ2v) is 7.08. The van der Waals surface area contributed by atoms with E-state index in [2.05, 4.69) is 5.10 Å². The fraction of sp³-hybridized carbons (Fsp3) is 0.150. The molecule has 0 aliphatic heterocycles. The van der Waals surface area contributed by atoms with Crippen LogP contribution >= 0.6 is 23.2 Å². The Bertz CT molecular complexity index is 1310. The van der Waals surface area contributed by atoms with Crippen molar-refractivity contribution >= 4 is 51.0 Å². The number of carbonyl (C=O) groups excluding carboxylic acids is 1. The molecule has 0 saturated carbocycles. The Balaban J connectivity index is 2.19. The molecule has 2 aromatic heterocycles. The van der Waals surface area contributed by atoms with Gasteiger partial charge < -0.3 is 9.30 Å². The molecule has 0 spiro atoms. The van der Waals surface area contributed by atoms with E-state index in [-0.39, 0.29) is 17.9 Å². The van der Waals surface area contributed by atoms with Crippen molar-refractivity contribution in [1.29, 1.82) is 0 Å². The number of rotatable bonds is 3. The first kappa shape index (κ1) is 18.5. The standard InChI is InChI=1S/C20H15Cl2N3O3/c1-3-28-20(27)17-16-14-8-7-12(22)10-15(14)24(2)18(16)19(26)25(23-17)13-6-4-5-11(21)9-13/h4-10H,3H2,1-2H3. The smallest absolute Gasteiger partial charge is 0.359 e. The maximum absolute atomic E-state index is 13.3. The predicted molar refractivity (Wildman–Crippen MR) is 110 cm³/mol. The van der Waals surface area contributed by atoms with E-state index >= 15 is 0 Å². The lowest BCUT2D eigenvalue weighted by Gasteiger charge is -2.10. The molecule has 6 nitrogen and oxygen atoms in total. The zero-order valence-corrected chi connectivity index (χ0v) is 16.6. The van der Waals surface area contributed by atoms with Crippen molar-refractivity contribution in [3.63, 3.8) is 0 Å². The zero-order chi connectivity index (χ0) is 20.0. The molecule has 2 heterocycles. The van der Waals surface area contributed by atoms with Gasteiger partial charge in [0.05, 0.1) is 17.8 Å². The molecule has 142 valence electrons. The summed E-state index contributed by atoms with van der Waals surface area (Å²) in [7, 11) is 1.75. The van der Waals surface area contributed by atoms with Gasteiger partial charge in [0, 0.05) is 27.9 Å². The van der Waals surface area contributed by atoms with Crippen LogP contribution in [0.2, 0.25) is 10.0 Å². The highest BCUT2D eigenvalue weighted by molar-refractivity contribution is 6.32. The lowest BCUT2D eigenvalue weighted by molar-refractivity contribution is 0.0520. The van der Waals surface area contributed by atoms with Crippen LogP contribution in [0.1, 0.15) is 17.4 Å². The van der Waals surface area contributed by atoms with Gasteiger partial charge in [0.15, 0.2) is 5.69 Å². The van der Waals surface area contributed by atoms with E-state index in [9.17, 15) is 9.59 Å². The summed E-state index contributed by atoms with van der Waals surface area (Å²) in [5.41, 5.74) is 1.18. The minimum Gasteiger partial charge on any atom is -0.461 e. The number of fused-ring (bicyclic) bond motifs is 3. The van der Waals surface area contributed by atoms with Crippen molar-refractivity contribution in [2.75, 3.05) is 6.61 Å². The molecule has 2 aromatic carbocycles. The van der Waals surface area contributed by atoms with E-state index < -0.39 is 5.97 Å². The molecule has 0 bridgehead atoms. The van der Waals surface area contributed by atoms with E-state index in [1.54, 1.807) is 61.0 Å². The Hall–Kier alpha value is -2.83. The summed E-state index contributed by atoms with van der Waals surface area (Å²) < 4.78 is 8.07. The quantitative estimate of drug-likeness (QED) is 0.466. The minimum atomic E-state index is -0.606. The highest BCUT2D eigenvalue weighted by Gasteiger charge is 2.24. The van der Waals surface area contributed by atoms with Gasteiger partial charge in [0.25, 0.3) is 5.56 Å². The van der Waals surface area contributed by atoms with Crippen LogP contribution in [-0.2, 0) is 11.8 Å². The molecule has 28 heavy (non-hydrogen) atoms. The van der Waals surface area contributed by atoms with Gasteiger partial charge >= 0.3 is 5.97 Å². The second-order valence-electron chi connectivity index (χ2n) is 6.21. The summed E-state index contributed by atoms with van der Waals surface area (Å²) in [6.07, 6.45) is 0. The highest BCUT2D eigenvalue weighted by Crippen LogP contribution is 2.31. The fourth-order valence-electron chi connectivity index (χ4n) is 3.32. The van der Waals surface area contributed by atoms with Gasteiger partial charge in [-0.15, -0.1) is 0 Å². The molecule has 0 radical (unpaired) electrons. The summed E-state index contributed by atoms with van der Waals surface area (Å²) in [5.74, 6) is -0.606. The average Bonchev–Trinajstić information content (AvgIpc) is 2.95. The van der Waals surface area contributed by atoms with Crippen molar-refractivity contribution in [2.24, 2.45) is 7.05 Å². The Morgan fingerprint density at radius 3 is 2.61 bits per heavy atom. The number of halogens is 2. The predicted octanol–water partition coefficient (Wildman–Crippen LogP) is 4.36. The molecule has 4 rings (SSSR count). The number of nitrogens with zero attached hydrogens (tertiary/aromatic N) is 3. The van der Waals surface area contributed by atoms with E-state index in [1.165, 1.54) is 4.68 Å². The third-order valence-corrected chi connectivity index (χ3v) is 4.99.